The molecule has 0 aliphatic rings. The quantitative estimate of drug-likeness (QED) is 0.338. The number of rotatable bonds is 5. The van der Waals surface area contributed by atoms with Gasteiger partial charge in [-0.1, -0.05) is 29.8 Å². The molecule has 0 radical (unpaired) electrons. The van der Waals surface area contributed by atoms with Crippen LogP contribution in [-0.2, 0) is 12.7 Å². The number of halogens is 4. The number of nitrogens with zero attached hydrogens (tertiary/aromatic N) is 6. The number of benzene rings is 1. The highest BCUT2D eigenvalue weighted by Gasteiger charge is 2.32. The second kappa shape index (κ2) is 9.08. The van der Waals surface area contributed by atoms with Gasteiger partial charge in [-0.05, 0) is 41.0 Å². The van der Waals surface area contributed by atoms with Gasteiger partial charge in [0.05, 0.1) is 19.9 Å². The number of methoxy groups -OCH3 is 1. The molecule has 5 aromatic rings. The molecular formula is C24H16ClF3N6O2. The average molecular weight is 513 g/mol. The molecule has 4 aromatic heterocycles. The Morgan fingerprint density at radius 3 is 2.44 bits per heavy atom. The molecule has 36 heavy (non-hydrogen) atoms. The summed E-state index contributed by atoms with van der Waals surface area (Å²) < 4.78 is 46.1. The van der Waals surface area contributed by atoms with Crippen molar-refractivity contribution in [1.82, 2.24) is 29.4 Å². The summed E-state index contributed by atoms with van der Waals surface area (Å²) >= 11 is 6.06. The smallest absolute Gasteiger partial charge is 0.433 e. The van der Waals surface area contributed by atoms with Crippen LogP contribution in [-0.4, -0.2) is 36.5 Å². The topological polar surface area (TPSA) is 87.2 Å². The SMILES string of the molecule is COc1cc(-c2c(-c3ccc(Cl)cc3)cnn3c(=O)n(Cc4ccc(C(F)(F)F)nc4)nc23)ccn1. The molecule has 182 valence electrons. The predicted molar refractivity (Wildman–Crippen MR) is 126 cm³/mol. The Balaban J connectivity index is 1.67. The number of hydrogen-bond acceptors (Lipinski definition) is 6. The van der Waals surface area contributed by atoms with Gasteiger partial charge in [0.1, 0.15) is 5.69 Å². The summed E-state index contributed by atoms with van der Waals surface area (Å²) in [6.07, 6.45) is -0.368. The minimum atomic E-state index is -4.55. The van der Waals surface area contributed by atoms with Gasteiger partial charge in [0, 0.05) is 34.6 Å². The maximum absolute atomic E-state index is 13.1. The summed E-state index contributed by atoms with van der Waals surface area (Å²) in [5.74, 6) is 0.363. The second-order valence-corrected chi connectivity index (χ2v) is 8.19. The van der Waals surface area contributed by atoms with Gasteiger partial charge in [-0.15, -0.1) is 5.10 Å². The normalized spacial score (nSPS) is 11.7. The molecule has 0 spiro atoms. The van der Waals surface area contributed by atoms with Crippen LogP contribution < -0.4 is 10.4 Å². The van der Waals surface area contributed by atoms with Gasteiger partial charge in [0.15, 0.2) is 5.65 Å². The van der Waals surface area contributed by atoms with Crippen molar-refractivity contribution in [3.8, 4) is 28.1 Å². The van der Waals surface area contributed by atoms with Crippen LogP contribution >= 0.6 is 11.6 Å². The summed E-state index contributed by atoms with van der Waals surface area (Å²) in [6, 6.07) is 12.7. The summed E-state index contributed by atoms with van der Waals surface area (Å²) in [7, 11) is 1.49. The Kier molecular flexibility index (Phi) is 5.92. The van der Waals surface area contributed by atoms with Gasteiger partial charge in [-0.2, -0.15) is 22.8 Å². The van der Waals surface area contributed by atoms with Crippen molar-refractivity contribution >= 4 is 17.2 Å². The Bertz CT molecular complexity index is 1610. The fourth-order valence-corrected chi connectivity index (χ4v) is 3.86. The van der Waals surface area contributed by atoms with E-state index in [-0.39, 0.29) is 12.2 Å². The number of fused-ring (bicyclic) bond motifs is 1. The van der Waals surface area contributed by atoms with Crippen LogP contribution in [0.1, 0.15) is 11.3 Å². The largest absolute Gasteiger partial charge is 0.481 e. The maximum atomic E-state index is 13.1. The van der Waals surface area contributed by atoms with E-state index >= 15 is 0 Å². The van der Waals surface area contributed by atoms with E-state index in [9.17, 15) is 18.0 Å². The lowest BCUT2D eigenvalue weighted by atomic mass is 9.97. The average Bonchev–Trinajstić information content (AvgIpc) is 3.18. The van der Waals surface area contributed by atoms with Crippen LogP contribution in [0.15, 0.2) is 71.9 Å². The summed E-state index contributed by atoms with van der Waals surface area (Å²) in [5.41, 5.74) is 1.78. The Hall–Kier alpha value is -4.25. The van der Waals surface area contributed by atoms with Crippen molar-refractivity contribution in [3.05, 3.63) is 93.9 Å². The Morgan fingerprint density at radius 1 is 1.00 bits per heavy atom. The maximum Gasteiger partial charge on any atom is 0.433 e. The van der Waals surface area contributed by atoms with Crippen LogP contribution in [0.5, 0.6) is 5.88 Å². The van der Waals surface area contributed by atoms with Crippen LogP contribution in [0.4, 0.5) is 13.2 Å². The van der Waals surface area contributed by atoms with Gasteiger partial charge < -0.3 is 4.74 Å². The molecule has 0 atom stereocenters. The first-order valence-corrected chi connectivity index (χ1v) is 10.9. The summed E-state index contributed by atoms with van der Waals surface area (Å²) in [4.78, 5) is 20.7. The molecule has 0 amide bonds. The van der Waals surface area contributed by atoms with Crippen molar-refractivity contribution in [1.29, 1.82) is 0 Å². The number of aromatic nitrogens is 6. The third-order valence-electron chi connectivity index (χ3n) is 5.45. The van der Waals surface area contributed by atoms with Crippen LogP contribution in [0, 0.1) is 0 Å². The molecule has 0 saturated heterocycles. The highest BCUT2D eigenvalue weighted by atomic mass is 35.5. The second-order valence-electron chi connectivity index (χ2n) is 7.75. The molecule has 8 nitrogen and oxygen atoms in total. The molecule has 1 aromatic carbocycles. The van der Waals surface area contributed by atoms with Gasteiger partial charge in [0.2, 0.25) is 5.88 Å². The van der Waals surface area contributed by atoms with Crippen molar-refractivity contribution in [3.63, 3.8) is 0 Å². The number of alkyl halides is 3. The van der Waals surface area contributed by atoms with Gasteiger partial charge in [0.25, 0.3) is 0 Å². The molecular weight excluding hydrogens is 497 g/mol. The number of hydrogen-bond donors (Lipinski definition) is 0. The van der Waals surface area contributed by atoms with E-state index in [2.05, 4.69) is 20.2 Å². The van der Waals surface area contributed by atoms with Crippen molar-refractivity contribution in [2.45, 2.75) is 12.7 Å². The molecule has 0 unspecified atom stereocenters. The van der Waals surface area contributed by atoms with Gasteiger partial charge in [-0.25, -0.2) is 14.5 Å². The minimum absolute atomic E-state index is 0.0945. The van der Waals surface area contributed by atoms with Gasteiger partial charge in [-0.3, -0.25) is 4.98 Å². The van der Waals surface area contributed by atoms with E-state index in [1.54, 1.807) is 36.7 Å². The number of pyridine rings is 2. The molecule has 5 rings (SSSR count). The summed E-state index contributed by atoms with van der Waals surface area (Å²) in [6.45, 7) is -0.0945. The van der Waals surface area contributed by atoms with Crippen LogP contribution in [0.25, 0.3) is 27.9 Å². The van der Waals surface area contributed by atoms with Crippen molar-refractivity contribution in [2.75, 3.05) is 7.11 Å². The molecule has 0 aliphatic carbocycles. The molecule has 12 heteroatoms. The standard InChI is InChI=1S/C24H16ClF3N6O2/c1-36-20-10-16(8-9-29-20)21-18(15-3-5-17(25)6-4-15)12-31-34-22(21)32-33(23(34)35)13-14-2-7-19(30-11-14)24(26,27)28/h2-12H,13H2,1H3. The lowest BCUT2D eigenvalue weighted by Gasteiger charge is -2.11. The first-order chi connectivity index (χ1) is 17.2. The van der Waals surface area contributed by atoms with Crippen molar-refractivity contribution in [2.24, 2.45) is 0 Å². The monoisotopic (exact) mass is 512 g/mol. The molecule has 0 bridgehead atoms. The fraction of sp³-hybridized carbons (Fsp3) is 0.125. The lowest BCUT2D eigenvalue weighted by molar-refractivity contribution is -0.141. The molecule has 0 aliphatic heterocycles. The lowest BCUT2D eigenvalue weighted by Crippen LogP contribution is -2.23. The summed E-state index contributed by atoms with van der Waals surface area (Å²) in [5, 5.41) is 9.34. The van der Waals surface area contributed by atoms with E-state index in [0.29, 0.717) is 33.2 Å². The third kappa shape index (κ3) is 4.40. The predicted octanol–water partition coefficient (Wildman–Crippen LogP) is 4.74. The van der Waals surface area contributed by atoms with Crippen LogP contribution in [0.3, 0.4) is 0 Å². The Morgan fingerprint density at radius 2 is 1.78 bits per heavy atom. The van der Waals surface area contributed by atoms with E-state index in [1.165, 1.54) is 13.2 Å². The first kappa shape index (κ1) is 23.5. The Labute approximate surface area is 206 Å². The zero-order chi connectivity index (χ0) is 25.4. The van der Waals surface area contributed by atoms with E-state index in [0.717, 1.165) is 27.0 Å². The van der Waals surface area contributed by atoms with E-state index in [1.807, 2.05) is 12.1 Å². The minimum Gasteiger partial charge on any atom is -0.481 e. The zero-order valence-electron chi connectivity index (χ0n) is 18.6. The van der Waals surface area contributed by atoms with Crippen molar-refractivity contribution < 1.29 is 17.9 Å². The fourth-order valence-electron chi connectivity index (χ4n) is 3.73. The first-order valence-electron chi connectivity index (χ1n) is 10.5. The van der Waals surface area contributed by atoms with Crippen LogP contribution in [0.2, 0.25) is 5.02 Å². The highest BCUT2D eigenvalue weighted by Crippen LogP contribution is 2.35. The highest BCUT2D eigenvalue weighted by molar-refractivity contribution is 6.30. The molecule has 0 N–H and O–H groups in total. The third-order valence-corrected chi connectivity index (χ3v) is 5.70. The van der Waals surface area contributed by atoms with Gasteiger partial charge >= 0.3 is 11.9 Å². The molecule has 4 heterocycles. The van der Waals surface area contributed by atoms with E-state index < -0.39 is 17.6 Å². The number of ether oxygens (including phenoxy) is 1. The molecule has 0 fully saturated rings. The van der Waals surface area contributed by atoms with E-state index in [4.69, 9.17) is 16.3 Å². The zero-order valence-corrected chi connectivity index (χ0v) is 19.3. The molecule has 0 saturated carbocycles.